The summed E-state index contributed by atoms with van der Waals surface area (Å²) in [6, 6.07) is 23.4. The van der Waals surface area contributed by atoms with Crippen LogP contribution in [-0.4, -0.2) is 50.5 Å². The fourth-order valence-electron chi connectivity index (χ4n) is 4.06. The van der Waals surface area contributed by atoms with E-state index in [4.69, 9.17) is 0 Å². The van der Waals surface area contributed by atoms with E-state index in [1.165, 1.54) is 4.90 Å². The lowest BCUT2D eigenvalue weighted by atomic mass is 10.0. The van der Waals surface area contributed by atoms with Gasteiger partial charge in [0.25, 0.3) is 0 Å². The molecule has 0 unspecified atom stereocenters. The Morgan fingerprint density at radius 2 is 1.41 bits per heavy atom. The zero-order chi connectivity index (χ0) is 27.0. The van der Waals surface area contributed by atoms with Crippen LogP contribution in [0.25, 0.3) is 0 Å². The third-order valence-corrected chi connectivity index (χ3v) is 7.24. The summed E-state index contributed by atoms with van der Waals surface area (Å²) in [6.45, 7) is 5.87. The van der Waals surface area contributed by atoms with Crippen LogP contribution in [0.1, 0.15) is 29.2 Å². The predicted octanol–water partition coefficient (Wildman–Crippen LogP) is 3.85. The first-order chi connectivity index (χ1) is 17.6. The highest BCUT2D eigenvalue weighted by atomic mass is 32.2. The van der Waals surface area contributed by atoms with Crippen molar-refractivity contribution in [2.75, 3.05) is 23.7 Å². The van der Waals surface area contributed by atoms with E-state index in [0.29, 0.717) is 18.7 Å². The number of hydrogen-bond acceptors (Lipinski definition) is 4. The van der Waals surface area contributed by atoms with E-state index in [9.17, 15) is 18.0 Å². The summed E-state index contributed by atoms with van der Waals surface area (Å²) < 4.78 is 26.6. The number of likely N-dealkylation sites (N-methyl/N-ethyl adjacent to an activating group) is 1. The summed E-state index contributed by atoms with van der Waals surface area (Å²) in [5.74, 6) is -0.744. The molecular weight excluding hydrogens is 486 g/mol. The maximum absolute atomic E-state index is 13.9. The second-order valence-electron chi connectivity index (χ2n) is 9.21. The number of benzene rings is 3. The minimum absolute atomic E-state index is 0.166. The normalized spacial score (nSPS) is 12.0. The number of anilines is 1. The number of nitrogens with one attached hydrogen (secondary N) is 1. The molecule has 0 spiro atoms. The average molecular weight is 522 g/mol. The van der Waals surface area contributed by atoms with Crippen molar-refractivity contribution < 1.29 is 18.0 Å². The summed E-state index contributed by atoms with van der Waals surface area (Å²) >= 11 is 0. The predicted molar refractivity (Wildman–Crippen MR) is 148 cm³/mol. The van der Waals surface area contributed by atoms with Gasteiger partial charge in [0.1, 0.15) is 12.6 Å². The van der Waals surface area contributed by atoms with Gasteiger partial charge in [-0.1, -0.05) is 77.9 Å². The molecule has 0 radical (unpaired) electrons. The zero-order valence-corrected chi connectivity index (χ0v) is 22.7. The van der Waals surface area contributed by atoms with Crippen LogP contribution in [0.5, 0.6) is 0 Å². The second-order valence-corrected chi connectivity index (χ2v) is 11.1. The van der Waals surface area contributed by atoms with Gasteiger partial charge in [-0.3, -0.25) is 13.9 Å². The highest BCUT2D eigenvalue weighted by Crippen LogP contribution is 2.21. The highest BCUT2D eigenvalue weighted by molar-refractivity contribution is 7.92. The van der Waals surface area contributed by atoms with Crippen molar-refractivity contribution in [2.45, 2.75) is 39.8 Å². The number of rotatable bonds is 11. The monoisotopic (exact) mass is 521 g/mol. The van der Waals surface area contributed by atoms with E-state index in [0.717, 1.165) is 32.8 Å². The van der Waals surface area contributed by atoms with E-state index in [1.54, 1.807) is 24.3 Å². The van der Waals surface area contributed by atoms with Gasteiger partial charge in [0.15, 0.2) is 0 Å². The molecule has 3 rings (SSSR count). The third-order valence-electron chi connectivity index (χ3n) is 6.10. The van der Waals surface area contributed by atoms with Crippen LogP contribution in [0.2, 0.25) is 0 Å². The Hall–Kier alpha value is -3.65. The van der Waals surface area contributed by atoms with Crippen molar-refractivity contribution in [3.05, 3.63) is 101 Å². The molecule has 0 aliphatic carbocycles. The first-order valence-corrected chi connectivity index (χ1v) is 14.1. The molecular formula is C29H35N3O4S. The minimum Gasteiger partial charge on any atom is -0.355 e. The number of amides is 2. The highest BCUT2D eigenvalue weighted by Gasteiger charge is 2.32. The van der Waals surface area contributed by atoms with Crippen LogP contribution >= 0.6 is 0 Å². The molecule has 0 aliphatic rings. The molecule has 1 atom stereocenters. The quantitative estimate of drug-likeness (QED) is 0.415. The SMILES string of the molecule is CCNC(=O)[C@H](Cc1ccccc1)N(Cc1ccc(C)cc1)C(=O)CN(c1ccc(C)cc1)S(C)(=O)=O. The maximum atomic E-state index is 13.9. The van der Waals surface area contributed by atoms with Crippen LogP contribution in [0.15, 0.2) is 78.9 Å². The minimum atomic E-state index is -3.77. The Bertz CT molecular complexity index is 1290. The van der Waals surface area contributed by atoms with Crippen LogP contribution in [0.3, 0.4) is 0 Å². The maximum Gasteiger partial charge on any atom is 0.244 e. The van der Waals surface area contributed by atoms with Gasteiger partial charge in [-0.2, -0.15) is 0 Å². The molecule has 0 bridgehead atoms. The van der Waals surface area contributed by atoms with Gasteiger partial charge < -0.3 is 10.2 Å². The molecule has 3 aromatic rings. The van der Waals surface area contributed by atoms with Crippen molar-refractivity contribution in [3.8, 4) is 0 Å². The molecule has 196 valence electrons. The molecule has 3 aromatic carbocycles. The van der Waals surface area contributed by atoms with Crippen LogP contribution < -0.4 is 9.62 Å². The van der Waals surface area contributed by atoms with Gasteiger partial charge >= 0.3 is 0 Å². The molecule has 8 heteroatoms. The summed E-state index contributed by atoms with van der Waals surface area (Å²) in [5.41, 5.74) is 4.20. The Kier molecular flexibility index (Phi) is 9.47. The standard InChI is InChI=1S/C29H35N3O4S/c1-5-30-29(34)27(19-24-9-7-6-8-10-24)31(20-25-15-11-22(2)12-16-25)28(33)21-32(37(4,35)36)26-17-13-23(3)14-18-26/h6-18,27H,5,19-21H2,1-4H3,(H,30,34)/t27-/m0/s1. The third kappa shape index (κ3) is 7.92. The topological polar surface area (TPSA) is 86.8 Å². The Labute approximate surface area is 220 Å². The van der Waals surface area contributed by atoms with Crippen molar-refractivity contribution in [3.63, 3.8) is 0 Å². The zero-order valence-electron chi connectivity index (χ0n) is 21.8. The molecule has 0 heterocycles. The fourth-order valence-corrected chi connectivity index (χ4v) is 4.91. The lowest BCUT2D eigenvalue weighted by Gasteiger charge is -2.33. The Balaban J connectivity index is 2.02. The number of aryl methyl sites for hydroxylation is 2. The summed E-state index contributed by atoms with van der Waals surface area (Å²) in [4.78, 5) is 28.7. The van der Waals surface area contributed by atoms with E-state index in [-0.39, 0.29) is 12.5 Å². The Morgan fingerprint density at radius 1 is 0.838 bits per heavy atom. The van der Waals surface area contributed by atoms with E-state index >= 15 is 0 Å². The van der Waals surface area contributed by atoms with Crippen molar-refractivity contribution >= 4 is 27.5 Å². The van der Waals surface area contributed by atoms with E-state index < -0.39 is 28.5 Å². The number of sulfonamides is 1. The van der Waals surface area contributed by atoms with E-state index in [1.807, 2.05) is 75.4 Å². The van der Waals surface area contributed by atoms with E-state index in [2.05, 4.69) is 5.32 Å². The lowest BCUT2D eigenvalue weighted by Crippen LogP contribution is -2.53. The molecule has 0 aliphatic heterocycles. The van der Waals surface area contributed by atoms with Gasteiger partial charge in [-0.25, -0.2) is 8.42 Å². The van der Waals surface area contributed by atoms with Gasteiger partial charge in [0, 0.05) is 19.5 Å². The van der Waals surface area contributed by atoms with Gasteiger partial charge in [0.05, 0.1) is 11.9 Å². The largest absolute Gasteiger partial charge is 0.355 e. The Morgan fingerprint density at radius 3 is 1.95 bits per heavy atom. The van der Waals surface area contributed by atoms with Gasteiger partial charge in [0.2, 0.25) is 21.8 Å². The molecule has 0 saturated heterocycles. The number of hydrogen-bond donors (Lipinski definition) is 1. The second kappa shape index (κ2) is 12.5. The number of nitrogens with zero attached hydrogens (tertiary/aromatic N) is 2. The summed E-state index contributed by atoms with van der Waals surface area (Å²) in [7, 11) is -3.77. The molecule has 7 nitrogen and oxygen atoms in total. The molecule has 37 heavy (non-hydrogen) atoms. The van der Waals surface area contributed by atoms with Gasteiger partial charge in [-0.15, -0.1) is 0 Å². The van der Waals surface area contributed by atoms with Crippen molar-refractivity contribution in [2.24, 2.45) is 0 Å². The first kappa shape index (κ1) is 27.9. The molecule has 1 N–H and O–H groups in total. The van der Waals surface area contributed by atoms with Crippen LogP contribution in [0, 0.1) is 13.8 Å². The average Bonchev–Trinajstić information content (AvgIpc) is 2.86. The summed E-state index contributed by atoms with van der Waals surface area (Å²) in [5, 5.41) is 2.85. The first-order valence-electron chi connectivity index (χ1n) is 12.3. The van der Waals surface area contributed by atoms with Crippen LogP contribution in [-0.2, 0) is 32.6 Å². The summed E-state index contributed by atoms with van der Waals surface area (Å²) in [6.07, 6.45) is 1.38. The van der Waals surface area contributed by atoms with Crippen molar-refractivity contribution in [1.82, 2.24) is 10.2 Å². The molecule has 2 amide bonds. The fraction of sp³-hybridized carbons (Fsp3) is 0.310. The van der Waals surface area contributed by atoms with Crippen LogP contribution in [0.4, 0.5) is 5.69 Å². The lowest BCUT2D eigenvalue weighted by molar-refractivity contribution is -0.140. The molecule has 0 aromatic heterocycles. The molecule has 0 saturated carbocycles. The van der Waals surface area contributed by atoms with Crippen molar-refractivity contribution in [1.29, 1.82) is 0 Å². The van der Waals surface area contributed by atoms with Gasteiger partial charge in [-0.05, 0) is 44.0 Å². The number of carbonyl (C=O) groups excluding carboxylic acids is 2. The molecule has 0 fully saturated rings. The smallest absolute Gasteiger partial charge is 0.244 e. The number of carbonyl (C=O) groups is 2.